The quantitative estimate of drug-likeness (QED) is 0.326. The van der Waals surface area contributed by atoms with Gasteiger partial charge in [0.2, 0.25) is 15.9 Å². The number of rotatable bonds is 8. The van der Waals surface area contributed by atoms with Gasteiger partial charge >= 0.3 is 6.18 Å². The van der Waals surface area contributed by atoms with Gasteiger partial charge in [-0.3, -0.25) is 4.79 Å². The third-order valence-electron chi connectivity index (χ3n) is 8.14. The predicted molar refractivity (Wildman–Crippen MR) is 151 cm³/mol. The second-order valence-electron chi connectivity index (χ2n) is 11.0. The highest BCUT2D eigenvalue weighted by Crippen LogP contribution is 2.38. The van der Waals surface area contributed by atoms with Crippen molar-refractivity contribution in [3.05, 3.63) is 70.5 Å². The minimum atomic E-state index is -4.64. The molecule has 0 radical (unpaired) electrons. The van der Waals surface area contributed by atoms with Gasteiger partial charge in [-0.1, -0.05) is 24.6 Å². The lowest BCUT2D eigenvalue weighted by Gasteiger charge is -2.35. The van der Waals surface area contributed by atoms with Gasteiger partial charge < -0.3 is 9.64 Å². The summed E-state index contributed by atoms with van der Waals surface area (Å²) in [5.41, 5.74) is 1.15. The van der Waals surface area contributed by atoms with Gasteiger partial charge in [0.05, 0.1) is 36.5 Å². The topological polar surface area (TPSA) is 84.7 Å². The van der Waals surface area contributed by atoms with E-state index in [-0.39, 0.29) is 41.9 Å². The Morgan fingerprint density at radius 2 is 1.76 bits per heavy atom. The molecule has 1 saturated heterocycles. The molecule has 0 N–H and O–H groups in total. The first-order valence-corrected chi connectivity index (χ1v) is 15.5. The second-order valence-corrected chi connectivity index (χ2v) is 12.8. The van der Waals surface area contributed by atoms with Gasteiger partial charge in [-0.05, 0) is 74.9 Å². The molecule has 0 aliphatic carbocycles. The fraction of sp³-hybridized carbons (Fsp3) is 0.467. The van der Waals surface area contributed by atoms with Crippen molar-refractivity contribution in [2.75, 3.05) is 13.7 Å². The molecule has 0 saturated carbocycles. The molecule has 1 atom stereocenters. The molecule has 0 bridgehead atoms. The Morgan fingerprint density at radius 3 is 2.40 bits per heavy atom. The number of para-hydroxylation sites is 1. The van der Waals surface area contributed by atoms with Crippen LogP contribution in [-0.4, -0.2) is 53.0 Å². The van der Waals surface area contributed by atoms with E-state index in [2.05, 4.69) is 5.10 Å². The molecule has 42 heavy (non-hydrogen) atoms. The van der Waals surface area contributed by atoms with Crippen LogP contribution in [-0.2, 0) is 34.1 Å². The van der Waals surface area contributed by atoms with Crippen molar-refractivity contribution >= 4 is 15.9 Å². The summed E-state index contributed by atoms with van der Waals surface area (Å²) in [7, 11) is -2.24. The van der Waals surface area contributed by atoms with Gasteiger partial charge in [0.1, 0.15) is 5.75 Å². The van der Waals surface area contributed by atoms with Crippen molar-refractivity contribution in [2.45, 2.75) is 82.6 Å². The van der Waals surface area contributed by atoms with Crippen LogP contribution >= 0.6 is 0 Å². The highest BCUT2D eigenvalue weighted by atomic mass is 32.2. The molecule has 1 unspecified atom stereocenters. The summed E-state index contributed by atoms with van der Waals surface area (Å²) in [5.74, 6) is 0.339. The summed E-state index contributed by atoms with van der Waals surface area (Å²) in [6.45, 7) is 3.80. The molecule has 1 fully saturated rings. The number of fused-ring (bicyclic) bond motifs is 1. The Bertz CT molecular complexity index is 1550. The number of piperidine rings is 1. The van der Waals surface area contributed by atoms with Crippen LogP contribution in [0.5, 0.6) is 5.75 Å². The Morgan fingerprint density at radius 1 is 1.07 bits per heavy atom. The van der Waals surface area contributed by atoms with Crippen LogP contribution in [0.2, 0.25) is 0 Å². The fourth-order valence-corrected chi connectivity index (χ4v) is 8.35. The summed E-state index contributed by atoms with van der Waals surface area (Å²) in [4.78, 5) is 14.9. The normalized spacial score (nSPS) is 17.9. The van der Waals surface area contributed by atoms with E-state index >= 15 is 0 Å². The number of carbonyl (C=O) groups excluding carboxylic acids is 1. The van der Waals surface area contributed by atoms with Gasteiger partial charge in [-0.25, -0.2) is 13.1 Å². The Hall–Kier alpha value is -3.38. The molecule has 0 spiro atoms. The zero-order valence-corrected chi connectivity index (χ0v) is 24.8. The number of sulfonamides is 1. The lowest BCUT2D eigenvalue weighted by atomic mass is 9.99. The van der Waals surface area contributed by atoms with Crippen LogP contribution < -0.4 is 4.74 Å². The van der Waals surface area contributed by atoms with Gasteiger partial charge in [0.15, 0.2) is 5.69 Å². The lowest BCUT2D eigenvalue weighted by Crippen LogP contribution is -2.44. The third-order valence-corrected chi connectivity index (χ3v) is 10.4. The van der Waals surface area contributed by atoms with E-state index in [1.165, 1.54) is 9.58 Å². The number of hydrogen-bond acceptors (Lipinski definition) is 5. The number of halogens is 3. The van der Waals surface area contributed by atoms with E-state index in [1.807, 2.05) is 0 Å². The molecule has 2 aliphatic heterocycles. The van der Waals surface area contributed by atoms with Crippen molar-refractivity contribution in [3.63, 3.8) is 0 Å². The number of aryl methyl sites for hydroxylation is 2. The number of hydrogen-bond donors (Lipinski definition) is 0. The molecule has 2 aliphatic rings. The predicted octanol–water partition coefficient (Wildman–Crippen LogP) is 5.77. The number of nitrogens with zero attached hydrogens (tertiary/aromatic N) is 4. The maximum absolute atomic E-state index is 13.8. The number of benzene rings is 2. The summed E-state index contributed by atoms with van der Waals surface area (Å²) < 4.78 is 77.2. The monoisotopic (exact) mass is 604 g/mol. The molecule has 3 aromatic rings. The average molecular weight is 605 g/mol. The first-order chi connectivity index (χ1) is 19.9. The Labute approximate surface area is 244 Å². The molecular weight excluding hydrogens is 569 g/mol. The van der Waals surface area contributed by atoms with Crippen molar-refractivity contribution < 1.29 is 31.1 Å². The van der Waals surface area contributed by atoms with Crippen LogP contribution in [0.15, 0.2) is 47.4 Å². The van der Waals surface area contributed by atoms with E-state index in [0.29, 0.717) is 54.1 Å². The third kappa shape index (κ3) is 5.78. The summed E-state index contributed by atoms with van der Waals surface area (Å²) in [6.07, 6.45) is -1.25. The zero-order chi connectivity index (χ0) is 30.2. The van der Waals surface area contributed by atoms with E-state index in [4.69, 9.17) is 4.74 Å². The largest absolute Gasteiger partial charge is 0.497 e. The van der Waals surface area contributed by atoms with Crippen LogP contribution in [0.4, 0.5) is 13.2 Å². The smallest absolute Gasteiger partial charge is 0.435 e. The van der Waals surface area contributed by atoms with Gasteiger partial charge in [0.25, 0.3) is 0 Å². The molecule has 226 valence electrons. The molecule has 3 heterocycles. The number of methoxy groups -OCH3 is 1. The molecule has 1 aromatic heterocycles. The first-order valence-electron chi connectivity index (χ1n) is 14.1. The highest BCUT2D eigenvalue weighted by Gasteiger charge is 2.43. The molecule has 2 aromatic carbocycles. The number of aromatic nitrogens is 2. The van der Waals surface area contributed by atoms with E-state index in [1.54, 1.807) is 67.7 Å². The van der Waals surface area contributed by atoms with Crippen molar-refractivity contribution in [2.24, 2.45) is 0 Å². The first kappa shape index (κ1) is 30.1. The van der Waals surface area contributed by atoms with Gasteiger partial charge in [-0.15, -0.1) is 0 Å². The lowest BCUT2D eigenvalue weighted by molar-refractivity contribution is -0.143. The number of carbonyl (C=O) groups is 1. The van der Waals surface area contributed by atoms with Crippen LogP contribution in [0.1, 0.15) is 66.6 Å². The molecule has 1 amide bonds. The molecule has 5 rings (SSSR count). The van der Waals surface area contributed by atoms with Gasteiger partial charge in [-0.2, -0.15) is 22.6 Å². The summed E-state index contributed by atoms with van der Waals surface area (Å²) in [6, 6.07) is 11.7. The SMILES string of the molecule is COc1cc(C)c(S(=O)(=O)N2CCCCC2CCCC(=O)N2Cc3c(C(F)(F)F)nn(-c4ccccc4)c3C2)c(C)c1. The number of alkyl halides is 3. The van der Waals surface area contributed by atoms with E-state index in [9.17, 15) is 26.4 Å². The van der Waals surface area contributed by atoms with Gasteiger partial charge in [0, 0.05) is 24.6 Å². The second kappa shape index (κ2) is 11.7. The molecule has 12 heteroatoms. The standard InChI is InChI=1S/C30H35F3N4O4S/c1-20-16-24(41-3)17-21(2)28(20)42(39,40)36-15-8-7-10-22(36)13-9-14-27(38)35-18-25-26(19-35)37(23-11-5-4-6-12-23)34-29(25)30(31,32)33/h4-6,11-12,16-17,22H,7-10,13-15,18-19H2,1-3H3. The minimum absolute atomic E-state index is 0.0227. The number of ether oxygens (including phenoxy) is 1. The molecule has 8 nitrogen and oxygen atoms in total. The van der Waals surface area contributed by atoms with Crippen LogP contribution in [0.3, 0.4) is 0 Å². The van der Waals surface area contributed by atoms with Crippen molar-refractivity contribution in [1.29, 1.82) is 0 Å². The minimum Gasteiger partial charge on any atom is -0.497 e. The molecular formula is C30H35F3N4O4S. The average Bonchev–Trinajstić information content (AvgIpc) is 3.53. The maximum atomic E-state index is 13.8. The van der Waals surface area contributed by atoms with Crippen molar-refractivity contribution in [3.8, 4) is 11.4 Å². The number of amides is 1. The zero-order valence-electron chi connectivity index (χ0n) is 23.9. The fourth-order valence-electron chi connectivity index (χ4n) is 6.21. The van der Waals surface area contributed by atoms with Crippen LogP contribution in [0.25, 0.3) is 5.69 Å². The Kier molecular flexibility index (Phi) is 8.39. The summed E-state index contributed by atoms with van der Waals surface area (Å²) in [5, 5.41) is 3.85. The van der Waals surface area contributed by atoms with Crippen LogP contribution in [0, 0.1) is 13.8 Å². The van der Waals surface area contributed by atoms with E-state index in [0.717, 1.165) is 12.8 Å². The highest BCUT2D eigenvalue weighted by molar-refractivity contribution is 7.89. The van der Waals surface area contributed by atoms with Crippen molar-refractivity contribution in [1.82, 2.24) is 19.0 Å². The summed E-state index contributed by atoms with van der Waals surface area (Å²) >= 11 is 0. The van der Waals surface area contributed by atoms with E-state index < -0.39 is 21.9 Å². The Balaban J connectivity index is 1.27. The maximum Gasteiger partial charge on any atom is 0.435 e.